The van der Waals surface area contributed by atoms with Gasteiger partial charge in [-0.05, 0) is 25.5 Å². The van der Waals surface area contributed by atoms with E-state index >= 15 is 0 Å². The summed E-state index contributed by atoms with van der Waals surface area (Å²) in [5.74, 6) is 0.714. The lowest BCUT2D eigenvalue weighted by atomic mass is 10.2. The Hall–Kier alpha value is -2.77. The largest absolute Gasteiger partial charge is 0.337 e. The third kappa shape index (κ3) is 3.67. The lowest BCUT2D eigenvalue weighted by molar-refractivity contribution is -0.133. The van der Waals surface area contributed by atoms with Crippen molar-refractivity contribution in [2.45, 2.75) is 32.7 Å². The van der Waals surface area contributed by atoms with Crippen LogP contribution in [0, 0.1) is 6.92 Å². The van der Waals surface area contributed by atoms with Crippen LogP contribution in [0.4, 0.5) is 0 Å². The maximum Gasteiger partial charge on any atom is 0.272 e. The maximum absolute atomic E-state index is 12.8. The molecular weight excluding hydrogens is 322 g/mol. The molecule has 1 atom stereocenters. The molecule has 2 aromatic heterocycles. The van der Waals surface area contributed by atoms with Crippen LogP contribution in [0.15, 0.2) is 28.9 Å². The fourth-order valence-electron chi connectivity index (χ4n) is 2.98. The number of hydrogen-bond donors (Lipinski definition) is 0. The standard InChI is InChI=1S/C17H21N5O3/c1-3-15(23)22-10-6-9-21(17(24)13-7-4-5-8-18-13)11-14(22)16-19-12(2)20-25-16/h4-5,7-8,14H,3,6,9-11H2,1-2H3. The van der Waals surface area contributed by atoms with Gasteiger partial charge in [-0.2, -0.15) is 4.98 Å². The van der Waals surface area contributed by atoms with Gasteiger partial charge in [-0.15, -0.1) is 0 Å². The van der Waals surface area contributed by atoms with Crippen LogP contribution in [-0.2, 0) is 4.79 Å². The predicted octanol–water partition coefficient (Wildman–Crippen LogP) is 1.60. The minimum Gasteiger partial charge on any atom is -0.337 e. The number of carbonyl (C=O) groups excluding carboxylic acids is 2. The second-order valence-corrected chi connectivity index (χ2v) is 5.96. The lowest BCUT2D eigenvalue weighted by Crippen LogP contribution is -2.40. The zero-order valence-electron chi connectivity index (χ0n) is 14.4. The Morgan fingerprint density at radius 3 is 2.80 bits per heavy atom. The number of aromatic nitrogens is 3. The molecule has 1 aliphatic rings. The summed E-state index contributed by atoms with van der Waals surface area (Å²) in [7, 11) is 0. The molecule has 25 heavy (non-hydrogen) atoms. The highest BCUT2D eigenvalue weighted by Crippen LogP contribution is 2.25. The fourth-order valence-corrected chi connectivity index (χ4v) is 2.98. The van der Waals surface area contributed by atoms with Crippen LogP contribution in [-0.4, -0.2) is 56.4 Å². The summed E-state index contributed by atoms with van der Waals surface area (Å²) >= 11 is 0. The molecule has 0 spiro atoms. The van der Waals surface area contributed by atoms with E-state index < -0.39 is 6.04 Å². The van der Waals surface area contributed by atoms with E-state index in [1.807, 2.05) is 6.92 Å². The van der Waals surface area contributed by atoms with E-state index in [9.17, 15) is 9.59 Å². The normalized spacial score (nSPS) is 18.1. The smallest absolute Gasteiger partial charge is 0.272 e. The molecule has 2 aromatic rings. The average molecular weight is 343 g/mol. The molecule has 0 N–H and O–H groups in total. The first-order valence-electron chi connectivity index (χ1n) is 8.40. The van der Waals surface area contributed by atoms with Gasteiger partial charge in [0.2, 0.25) is 5.91 Å². The van der Waals surface area contributed by atoms with Gasteiger partial charge in [-0.3, -0.25) is 14.6 Å². The average Bonchev–Trinajstić information content (AvgIpc) is 2.95. The zero-order valence-corrected chi connectivity index (χ0v) is 14.4. The van der Waals surface area contributed by atoms with Crippen LogP contribution in [0.5, 0.6) is 0 Å². The molecule has 8 nitrogen and oxygen atoms in total. The van der Waals surface area contributed by atoms with Crippen molar-refractivity contribution in [3.05, 3.63) is 41.8 Å². The van der Waals surface area contributed by atoms with E-state index in [2.05, 4.69) is 15.1 Å². The molecule has 8 heteroatoms. The highest BCUT2D eigenvalue weighted by atomic mass is 16.5. The summed E-state index contributed by atoms with van der Waals surface area (Å²) in [5.41, 5.74) is 0.387. The van der Waals surface area contributed by atoms with Crippen LogP contribution >= 0.6 is 0 Å². The minimum atomic E-state index is -0.441. The summed E-state index contributed by atoms with van der Waals surface area (Å²) in [4.78, 5) is 37.0. The number of carbonyl (C=O) groups is 2. The van der Waals surface area contributed by atoms with Gasteiger partial charge >= 0.3 is 0 Å². The van der Waals surface area contributed by atoms with Gasteiger partial charge in [-0.25, -0.2) is 0 Å². The van der Waals surface area contributed by atoms with Gasteiger partial charge in [0.25, 0.3) is 11.8 Å². The Morgan fingerprint density at radius 2 is 2.16 bits per heavy atom. The minimum absolute atomic E-state index is 0.00740. The number of pyridine rings is 1. The first kappa shape index (κ1) is 17.1. The van der Waals surface area contributed by atoms with E-state index in [1.165, 1.54) is 0 Å². The first-order valence-corrected chi connectivity index (χ1v) is 8.40. The number of hydrogen-bond acceptors (Lipinski definition) is 6. The summed E-state index contributed by atoms with van der Waals surface area (Å²) < 4.78 is 5.31. The molecule has 1 saturated heterocycles. The second-order valence-electron chi connectivity index (χ2n) is 5.96. The number of amides is 2. The monoisotopic (exact) mass is 343 g/mol. The summed E-state index contributed by atoms with van der Waals surface area (Å²) in [6.07, 6.45) is 2.67. The van der Waals surface area contributed by atoms with Gasteiger partial charge in [0.1, 0.15) is 11.7 Å². The van der Waals surface area contributed by atoms with Gasteiger partial charge in [-0.1, -0.05) is 18.1 Å². The van der Waals surface area contributed by atoms with Crippen LogP contribution < -0.4 is 0 Å². The van der Waals surface area contributed by atoms with Crippen molar-refractivity contribution in [1.29, 1.82) is 0 Å². The number of nitrogens with zero attached hydrogens (tertiary/aromatic N) is 5. The lowest BCUT2D eigenvalue weighted by Gasteiger charge is -2.29. The summed E-state index contributed by atoms with van der Waals surface area (Å²) in [6, 6.07) is 4.80. The molecule has 1 aliphatic heterocycles. The molecular formula is C17H21N5O3. The highest BCUT2D eigenvalue weighted by Gasteiger charge is 2.34. The molecule has 0 aliphatic carbocycles. The zero-order chi connectivity index (χ0) is 17.8. The van der Waals surface area contributed by atoms with Crippen molar-refractivity contribution in [2.75, 3.05) is 19.6 Å². The molecule has 1 fully saturated rings. The summed E-state index contributed by atoms with van der Waals surface area (Å²) in [5, 5.41) is 3.83. The Kier molecular flexibility index (Phi) is 5.06. The van der Waals surface area contributed by atoms with E-state index in [0.29, 0.717) is 49.9 Å². The fraction of sp³-hybridized carbons (Fsp3) is 0.471. The van der Waals surface area contributed by atoms with Gasteiger partial charge in [0.15, 0.2) is 5.82 Å². The third-order valence-electron chi connectivity index (χ3n) is 4.22. The predicted molar refractivity (Wildman–Crippen MR) is 88.5 cm³/mol. The Labute approximate surface area is 145 Å². The topological polar surface area (TPSA) is 92.4 Å². The van der Waals surface area contributed by atoms with Crippen LogP contribution in [0.25, 0.3) is 0 Å². The molecule has 1 unspecified atom stereocenters. The van der Waals surface area contributed by atoms with Crippen molar-refractivity contribution in [3.63, 3.8) is 0 Å². The quantitative estimate of drug-likeness (QED) is 0.840. The third-order valence-corrected chi connectivity index (χ3v) is 4.22. The van der Waals surface area contributed by atoms with Crippen molar-refractivity contribution < 1.29 is 14.1 Å². The number of rotatable bonds is 3. The van der Waals surface area contributed by atoms with Gasteiger partial charge < -0.3 is 14.3 Å². The highest BCUT2D eigenvalue weighted by molar-refractivity contribution is 5.92. The SMILES string of the molecule is CCC(=O)N1CCCN(C(=O)c2ccccn2)CC1c1nc(C)no1. The van der Waals surface area contributed by atoms with E-state index in [0.717, 1.165) is 0 Å². The molecule has 132 valence electrons. The molecule has 2 amide bonds. The second kappa shape index (κ2) is 7.42. The molecule has 0 aromatic carbocycles. The maximum atomic E-state index is 12.8. The van der Waals surface area contributed by atoms with E-state index in [1.54, 1.807) is 41.1 Å². The van der Waals surface area contributed by atoms with E-state index in [4.69, 9.17) is 4.52 Å². The molecule has 3 rings (SSSR count). The van der Waals surface area contributed by atoms with Crippen LogP contribution in [0.2, 0.25) is 0 Å². The van der Waals surface area contributed by atoms with Crippen molar-refractivity contribution in [2.24, 2.45) is 0 Å². The number of aryl methyl sites for hydroxylation is 1. The van der Waals surface area contributed by atoms with Crippen molar-refractivity contribution in [3.8, 4) is 0 Å². The molecule has 3 heterocycles. The van der Waals surface area contributed by atoms with Gasteiger partial charge in [0.05, 0.1) is 6.54 Å². The van der Waals surface area contributed by atoms with Crippen LogP contribution in [0.1, 0.15) is 48.0 Å². The van der Waals surface area contributed by atoms with Crippen LogP contribution in [0.3, 0.4) is 0 Å². The molecule has 0 saturated carbocycles. The van der Waals surface area contributed by atoms with Crippen molar-refractivity contribution >= 4 is 11.8 Å². The molecule has 0 bridgehead atoms. The molecule has 0 radical (unpaired) electrons. The Morgan fingerprint density at radius 1 is 1.32 bits per heavy atom. The van der Waals surface area contributed by atoms with Crippen molar-refractivity contribution in [1.82, 2.24) is 24.9 Å². The Bertz CT molecular complexity index is 746. The van der Waals surface area contributed by atoms with E-state index in [-0.39, 0.29) is 11.8 Å². The first-order chi connectivity index (χ1) is 12.1. The Balaban J connectivity index is 1.89. The van der Waals surface area contributed by atoms with Gasteiger partial charge in [0, 0.05) is 25.7 Å². The summed E-state index contributed by atoms with van der Waals surface area (Å²) in [6.45, 7) is 4.95.